The maximum atomic E-state index is 12.6. The van der Waals surface area contributed by atoms with Crippen LogP contribution < -0.4 is 10.0 Å². The van der Waals surface area contributed by atoms with Gasteiger partial charge in [0.2, 0.25) is 5.13 Å². The van der Waals surface area contributed by atoms with Crippen LogP contribution in [0.2, 0.25) is 0 Å². The van der Waals surface area contributed by atoms with E-state index in [0.717, 1.165) is 21.8 Å². The van der Waals surface area contributed by atoms with Gasteiger partial charge in [-0.25, -0.2) is 0 Å². The van der Waals surface area contributed by atoms with Crippen LogP contribution in [0, 0.1) is 6.92 Å². The molecule has 1 amide bonds. The molecule has 0 saturated heterocycles. The summed E-state index contributed by atoms with van der Waals surface area (Å²) in [4.78, 5) is 13.0. The minimum absolute atomic E-state index is 0.110. The molecule has 2 aromatic carbocycles. The van der Waals surface area contributed by atoms with E-state index in [1.54, 1.807) is 24.3 Å². The van der Waals surface area contributed by atoms with Crippen LogP contribution >= 0.6 is 23.1 Å². The molecular formula is C17H16N4O3S3. The fourth-order valence-corrected chi connectivity index (χ4v) is 4.75. The van der Waals surface area contributed by atoms with E-state index in [-0.39, 0.29) is 15.4 Å². The van der Waals surface area contributed by atoms with Gasteiger partial charge in [-0.3, -0.25) is 14.8 Å². The third-order valence-corrected chi connectivity index (χ3v) is 6.89. The summed E-state index contributed by atoms with van der Waals surface area (Å²) in [5.74, 6) is -0.379. The molecule has 2 N–H and O–H groups in total. The minimum Gasteiger partial charge on any atom is -0.296 e. The van der Waals surface area contributed by atoms with Crippen molar-refractivity contribution in [1.82, 2.24) is 10.2 Å². The molecule has 3 aromatic rings. The predicted octanol–water partition coefficient (Wildman–Crippen LogP) is 3.62. The normalized spacial score (nSPS) is 11.2. The molecule has 0 unspecified atom stereocenters. The van der Waals surface area contributed by atoms with Gasteiger partial charge in [-0.2, -0.15) is 8.42 Å². The largest absolute Gasteiger partial charge is 0.296 e. The molecule has 0 aliphatic heterocycles. The van der Waals surface area contributed by atoms with Crippen LogP contribution in [0.3, 0.4) is 0 Å². The number of anilines is 2. The highest BCUT2D eigenvalue weighted by molar-refractivity contribution is 7.99. The Hall–Kier alpha value is -2.43. The number of aromatic nitrogens is 2. The Morgan fingerprint density at radius 3 is 2.48 bits per heavy atom. The van der Waals surface area contributed by atoms with Crippen molar-refractivity contribution in [1.29, 1.82) is 0 Å². The highest BCUT2D eigenvalue weighted by atomic mass is 32.2. The highest BCUT2D eigenvalue weighted by Crippen LogP contribution is 2.28. The lowest BCUT2D eigenvalue weighted by atomic mass is 10.1. The van der Waals surface area contributed by atoms with Gasteiger partial charge in [0, 0.05) is 10.5 Å². The lowest BCUT2D eigenvalue weighted by Gasteiger charge is -2.08. The molecule has 0 aliphatic rings. The number of nitrogens with one attached hydrogen (secondary N) is 2. The van der Waals surface area contributed by atoms with E-state index in [1.165, 1.54) is 11.8 Å². The van der Waals surface area contributed by atoms with Crippen LogP contribution in [0.15, 0.2) is 57.8 Å². The number of benzene rings is 2. The fourth-order valence-electron chi connectivity index (χ4n) is 2.16. The summed E-state index contributed by atoms with van der Waals surface area (Å²) in [6.45, 7) is 1.92. The third-order valence-electron chi connectivity index (χ3n) is 3.52. The number of hydrogen-bond acceptors (Lipinski definition) is 7. The van der Waals surface area contributed by atoms with E-state index in [2.05, 4.69) is 20.2 Å². The average molecular weight is 421 g/mol. The summed E-state index contributed by atoms with van der Waals surface area (Å²) in [6, 6.07) is 14.1. The fraction of sp³-hybridized carbons (Fsp3) is 0.118. The second-order valence-corrected chi connectivity index (χ2v) is 9.18. The zero-order valence-corrected chi connectivity index (χ0v) is 16.9. The van der Waals surface area contributed by atoms with E-state index >= 15 is 0 Å². The van der Waals surface area contributed by atoms with Gasteiger partial charge >= 0.3 is 0 Å². The van der Waals surface area contributed by atoms with Crippen LogP contribution in [0.5, 0.6) is 0 Å². The molecule has 0 atom stereocenters. The molecular weight excluding hydrogens is 404 g/mol. The molecule has 0 saturated carbocycles. The van der Waals surface area contributed by atoms with Crippen molar-refractivity contribution in [3.8, 4) is 0 Å². The maximum Gasteiger partial charge on any atom is 0.291 e. The zero-order valence-electron chi connectivity index (χ0n) is 14.5. The topological polar surface area (TPSA) is 101 Å². The van der Waals surface area contributed by atoms with Crippen molar-refractivity contribution in [2.75, 3.05) is 16.3 Å². The molecule has 3 rings (SSSR count). The van der Waals surface area contributed by atoms with Crippen molar-refractivity contribution in [2.45, 2.75) is 16.2 Å². The highest BCUT2D eigenvalue weighted by Gasteiger charge is 2.22. The summed E-state index contributed by atoms with van der Waals surface area (Å²) in [5, 5.41) is 10.1. The van der Waals surface area contributed by atoms with Gasteiger partial charge in [0.25, 0.3) is 20.3 Å². The quantitative estimate of drug-likeness (QED) is 0.467. The number of hydrogen-bond donors (Lipinski definition) is 2. The first-order chi connectivity index (χ1) is 12.9. The molecule has 0 radical (unpaired) electrons. The van der Waals surface area contributed by atoms with Crippen LogP contribution in [-0.4, -0.2) is 30.8 Å². The van der Waals surface area contributed by atoms with E-state index in [4.69, 9.17) is 0 Å². The summed E-state index contributed by atoms with van der Waals surface area (Å²) in [7, 11) is -3.90. The molecule has 7 nitrogen and oxygen atoms in total. The lowest BCUT2D eigenvalue weighted by Crippen LogP contribution is -2.13. The van der Waals surface area contributed by atoms with Crippen molar-refractivity contribution in [2.24, 2.45) is 0 Å². The van der Waals surface area contributed by atoms with Gasteiger partial charge in [-0.1, -0.05) is 41.2 Å². The summed E-state index contributed by atoms with van der Waals surface area (Å²) >= 11 is 2.21. The van der Waals surface area contributed by atoms with Crippen LogP contribution in [-0.2, 0) is 10.0 Å². The number of para-hydroxylation sites is 1. The predicted molar refractivity (Wildman–Crippen MR) is 108 cm³/mol. The van der Waals surface area contributed by atoms with Gasteiger partial charge in [-0.05, 0) is 37.4 Å². The van der Waals surface area contributed by atoms with Gasteiger partial charge < -0.3 is 0 Å². The van der Waals surface area contributed by atoms with E-state index < -0.39 is 10.0 Å². The van der Waals surface area contributed by atoms with Crippen LogP contribution in [0.1, 0.15) is 15.9 Å². The first-order valence-electron chi connectivity index (χ1n) is 7.76. The van der Waals surface area contributed by atoms with Gasteiger partial charge in [0.15, 0.2) is 0 Å². The first-order valence-corrected chi connectivity index (χ1v) is 11.3. The van der Waals surface area contributed by atoms with E-state index in [1.807, 2.05) is 37.4 Å². The zero-order chi connectivity index (χ0) is 19.4. The first kappa shape index (κ1) is 19.3. The van der Waals surface area contributed by atoms with E-state index in [0.29, 0.717) is 11.3 Å². The minimum atomic E-state index is -3.90. The number of sulfonamides is 1. The Morgan fingerprint density at radius 2 is 1.78 bits per heavy atom. The standard InChI is InChI=1S/C17H16N4O3S3/c1-11-7-9-12(10-8-11)15(22)18-16-19-20-17(26-16)27(23,24)21-13-5-3-4-6-14(13)25-2/h3-10,21H,1-2H3,(H,18,19,22). The molecule has 1 aromatic heterocycles. The second kappa shape index (κ2) is 8.07. The number of carbonyl (C=O) groups is 1. The number of nitrogens with zero attached hydrogens (tertiary/aromatic N) is 2. The van der Waals surface area contributed by atoms with Crippen molar-refractivity contribution in [3.05, 3.63) is 59.7 Å². The Labute approximate surface area is 165 Å². The van der Waals surface area contributed by atoms with Gasteiger partial charge in [0.1, 0.15) is 0 Å². The van der Waals surface area contributed by atoms with Crippen molar-refractivity contribution >= 4 is 49.8 Å². The molecule has 1 heterocycles. The molecule has 0 fully saturated rings. The summed E-state index contributed by atoms with van der Waals surface area (Å²) < 4.78 is 27.4. The van der Waals surface area contributed by atoms with Gasteiger partial charge in [-0.15, -0.1) is 22.0 Å². The summed E-state index contributed by atoms with van der Waals surface area (Å²) in [5.41, 5.74) is 1.95. The second-order valence-electron chi connectivity index (χ2n) is 5.50. The van der Waals surface area contributed by atoms with Crippen molar-refractivity contribution < 1.29 is 13.2 Å². The number of amides is 1. The van der Waals surface area contributed by atoms with Crippen LogP contribution in [0.4, 0.5) is 10.8 Å². The van der Waals surface area contributed by atoms with Crippen molar-refractivity contribution in [3.63, 3.8) is 0 Å². The molecule has 140 valence electrons. The lowest BCUT2D eigenvalue weighted by molar-refractivity contribution is 0.102. The van der Waals surface area contributed by atoms with Crippen LogP contribution in [0.25, 0.3) is 0 Å². The Balaban J connectivity index is 1.76. The number of thioether (sulfide) groups is 1. The average Bonchev–Trinajstić information content (AvgIpc) is 3.12. The third kappa shape index (κ3) is 4.65. The van der Waals surface area contributed by atoms with Gasteiger partial charge in [0.05, 0.1) is 5.69 Å². The summed E-state index contributed by atoms with van der Waals surface area (Å²) in [6.07, 6.45) is 1.86. The maximum absolute atomic E-state index is 12.6. The number of carbonyl (C=O) groups excluding carboxylic acids is 1. The molecule has 0 spiro atoms. The SMILES string of the molecule is CSc1ccccc1NS(=O)(=O)c1nnc(NC(=O)c2ccc(C)cc2)s1. The Bertz CT molecular complexity index is 1060. The van der Waals surface area contributed by atoms with E-state index in [9.17, 15) is 13.2 Å². The Morgan fingerprint density at radius 1 is 1.07 bits per heavy atom. The molecule has 10 heteroatoms. The monoisotopic (exact) mass is 420 g/mol. The smallest absolute Gasteiger partial charge is 0.291 e. The Kier molecular flexibility index (Phi) is 5.78. The number of rotatable bonds is 6. The molecule has 27 heavy (non-hydrogen) atoms. The molecule has 0 aliphatic carbocycles. The molecule has 0 bridgehead atoms. The number of aryl methyl sites for hydroxylation is 1.